The second kappa shape index (κ2) is 6.55. The minimum absolute atomic E-state index is 0.356. The Morgan fingerprint density at radius 2 is 2.11 bits per heavy atom. The Balaban J connectivity index is 2.14. The van der Waals surface area contributed by atoms with Crippen LogP contribution >= 0.6 is 11.6 Å². The highest BCUT2D eigenvalue weighted by molar-refractivity contribution is 6.31. The third-order valence-corrected chi connectivity index (χ3v) is 3.24. The first-order chi connectivity index (χ1) is 9.22. The highest BCUT2D eigenvalue weighted by Gasteiger charge is 2.11. The van der Waals surface area contributed by atoms with Crippen molar-refractivity contribution in [3.63, 3.8) is 0 Å². The molecule has 0 amide bonds. The number of para-hydroxylation sites is 1. The van der Waals surface area contributed by atoms with Gasteiger partial charge in [0.2, 0.25) is 0 Å². The number of ether oxygens (including phenoxy) is 1. The van der Waals surface area contributed by atoms with Crippen LogP contribution < -0.4 is 4.74 Å². The van der Waals surface area contributed by atoms with Crippen LogP contribution in [-0.2, 0) is 6.61 Å². The lowest BCUT2D eigenvalue weighted by Gasteiger charge is -2.15. The Hall–Kier alpha value is -1.58. The van der Waals surface area contributed by atoms with Gasteiger partial charge in [0.1, 0.15) is 12.4 Å². The van der Waals surface area contributed by atoms with Gasteiger partial charge in [-0.2, -0.15) is 0 Å². The summed E-state index contributed by atoms with van der Waals surface area (Å²) >= 11 is 6.03. The zero-order chi connectivity index (χ0) is 13.7. The summed E-state index contributed by atoms with van der Waals surface area (Å²) < 4.78 is 5.75. The Morgan fingerprint density at radius 3 is 2.84 bits per heavy atom. The molecule has 1 atom stereocenters. The fraction of sp³-hybridized carbons (Fsp3) is 0.267. The molecule has 0 fully saturated rings. The van der Waals surface area contributed by atoms with E-state index in [-0.39, 0.29) is 0 Å². The molecule has 1 unspecified atom stereocenters. The Bertz CT molecular complexity index is 545. The summed E-state index contributed by atoms with van der Waals surface area (Å²) in [5.41, 5.74) is 1.67. The molecule has 0 aliphatic rings. The number of aromatic nitrogens is 1. The Kier molecular flexibility index (Phi) is 4.77. The zero-order valence-corrected chi connectivity index (χ0v) is 11.5. The van der Waals surface area contributed by atoms with Crippen LogP contribution in [0.1, 0.15) is 30.6 Å². The maximum Gasteiger partial charge on any atom is 0.125 e. The van der Waals surface area contributed by atoms with Crippen molar-refractivity contribution in [1.29, 1.82) is 0 Å². The number of halogens is 1. The van der Waals surface area contributed by atoms with Crippen molar-refractivity contribution in [2.75, 3.05) is 0 Å². The molecule has 1 heterocycles. The molecule has 4 heteroatoms. The molecule has 0 saturated heterocycles. The molecule has 0 radical (unpaired) electrons. The molecular formula is C15H16ClNO2. The highest BCUT2D eigenvalue weighted by atomic mass is 35.5. The van der Waals surface area contributed by atoms with E-state index in [1.54, 1.807) is 12.4 Å². The molecule has 19 heavy (non-hydrogen) atoms. The standard InChI is InChI=1S/C15H16ClNO2/c1-2-14(18)12-5-3-4-6-15(12)19-10-11-7-8-17-9-13(11)16/h3-9,14,18H,2,10H2,1H3. The van der Waals surface area contributed by atoms with Crippen LogP contribution in [0.5, 0.6) is 5.75 Å². The number of hydrogen-bond donors (Lipinski definition) is 1. The molecule has 1 aromatic heterocycles. The molecule has 100 valence electrons. The molecule has 0 saturated carbocycles. The molecule has 1 N–H and O–H groups in total. The van der Waals surface area contributed by atoms with Crippen LogP contribution in [0.4, 0.5) is 0 Å². The van der Waals surface area contributed by atoms with Gasteiger partial charge in [-0.15, -0.1) is 0 Å². The van der Waals surface area contributed by atoms with Crippen molar-refractivity contribution in [1.82, 2.24) is 4.98 Å². The number of aliphatic hydroxyl groups excluding tert-OH is 1. The summed E-state index contributed by atoms with van der Waals surface area (Å²) in [4.78, 5) is 3.93. The fourth-order valence-electron chi connectivity index (χ4n) is 1.78. The molecule has 0 aliphatic heterocycles. The molecule has 3 nitrogen and oxygen atoms in total. The molecule has 0 aliphatic carbocycles. The van der Waals surface area contributed by atoms with Gasteiger partial charge < -0.3 is 9.84 Å². The van der Waals surface area contributed by atoms with Crippen LogP contribution in [0.15, 0.2) is 42.7 Å². The van der Waals surface area contributed by atoms with Crippen LogP contribution in [-0.4, -0.2) is 10.1 Å². The van der Waals surface area contributed by atoms with E-state index in [1.165, 1.54) is 0 Å². The maximum absolute atomic E-state index is 9.95. The highest BCUT2D eigenvalue weighted by Crippen LogP contribution is 2.28. The lowest BCUT2D eigenvalue weighted by atomic mass is 10.1. The second-order valence-electron chi connectivity index (χ2n) is 4.22. The summed E-state index contributed by atoms with van der Waals surface area (Å²) in [7, 11) is 0. The average Bonchev–Trinajstić information content (AvgIpc) is 2.46. The monoisotopic (exact) mass is 277 g/mol. The first-order valence-corrected chi connectivity index (χ1v) is 6.58. The largest absolute Gasteiger partial charge is 0.488 e. The number of rotatable bonds is 5. The fourth-order valence-corrected chi connectivity index (χ4v) is 1.96. The number of aliphatic hydroxyl groups is 1. The summed E-state index contributed by atoms with van der Waals surface area (Å²) in [5.74, 6) is 0.685. The molecule has 2 rings (SSSR count). The minimum atomic E-state index is -0.510. The van der Waals surface area contributed by atoms with Crippen molar-refractivity contribution >= 4 is 11.6 Å². The first-order valence-electron chi connectivity index (χ1n) is 6.20. The molecule has 0 spiro atoms. The van der Waals surface area contributed by atoms with E-state index in [9.17, 15) is 5.11 Å². The van der Waals surface area contributed by atoms with Gasteiger partial charge in [0.05, 0.1) is 11.1 Å². The van der Waals surface area contributed by atoms with Crippen LogP contribution in [0.3, 0.4) is 0 Å². The van der Waals surface area contributed by atoms with E-state index in [0.717, 1.165) is 11.1 Å². The first kappa shape index (κ1) is 13.8. The predicted molar refractivity (Wildman–Crippen MR) is 75.3 cm³/mol. The summed E-state index contributed by atoms with van der Waals surface area (Å²) in [5, 5.41) is 10.5. The molecule has 2 aromatic rings. The lowest BCUT2D eigenvalue weighted by Crippen LogP contribution is -2.02. The third kappa shape index (κ3) is 3.46. The summed E-state index contributed by atoms with van der Waals surface area (Å²) in [6, 6.07) is 9.32. The van der Waals surface area contributed by atoms with Crippen LogP contribution in [0, 0.1) is 0 Å². The van der Waals surface area contributed by atoms with E-state index in [4.69, 9.17) is 16.3 Å². The lowest BCUT2D eigenvalue weighted by molar-refractivity contribution is 0.166. The van der Waals surface area contributed by atoms with Gasteiger partial charge in [-0.1, -0.05) is 36.7 Å². The van der Waals surface area contributed by atoms with Gasteiger partial charge in [0, 0.05) is 23.5 Å². The number of hydrogen-bond acceptors (Lipinski definition) is 3. The SMILES string of the molecule is CCC(O)c1ccccc1OCc1ccncc1Cl. The van der Waals surface area contributed by atoms with E-state index < -0.39 is 6.10 Å². The third-order valence-electron chi connectivity index (χ3n) is 2.90. The molecular weight excluding hydrogens is 262 g/mol. The van der Waals surface area contributed by atoms with E-state index in [0.29, 0.717) is 23.8 Å². The van der Waals surface area contributed by atoms with Crippen LogP contribution in [0.25, 0.3) is 0 Å². The van der Waals surface area contributed by atoms with Gasteiger partial charge >= 0.3 is 0 Å². The topological polar surface area (TPSA) is 42.4 Å². The summed E-state index contributed by atoms with van der Waals surface area (Å²) in [6.07, 6.45) is 3.41. The van der Waals surface area contributed by atoms with Gasteiger partial charge in [-0.25, -0.2) is 0 Å². The molecule has 1 aromatic carbocycles. The predicted octanol–water partition coefficient (Wildman–Crippen LogP) is 3.76. The smallest absolute Gasteiger partial charge is 0.125 e. The maximum atomic E-state index is 9.95. The van der Waals surface area contributed by atoms with E-state index in [2.05, 4.69) is 4.98 Å². The Labute approximate surface area is 117 Å². The quantitative estimate of drug-likeness (QED) is 0.905. The summed E-state index contributed by atoms with van der Waals surface area (Å²) in [6.45, 7) is 2.29. The normalized spacial score (nSPS) is 12.2. The van der Waals surface area contributed by atoms with Crippen molar-refractivity contribution in [2.45, 2.75) is 26.1 Å². The zero-order valence-electron chi connectivity index (χ0n) is 10.7. The van der Waals surface area contributed by atoms with Crippen LogP contribution in [0.2, 0.25) is 5.02 Å². The minimum Gasteiger partial charge on any atom is -0.488 e. The van der Waals surface area contributed by atoms with Gasteiger partial charge in [-0.3, -0.25) is 4.98 Å². The van der Waals surface area contributed by atoms with Crippen molar-refractivity contribution in [3.8, 4) is 5.75 Å². The molecule has 0 bridgehead atoms. The number of pyridine rings is 1. The van der Waals surface area contributed by atoms with Crippen molar-refractivity contribution < 1.29 is 9.84 Å². The van der Waals surface area contributed by atoms with Gasteiger partial charge in [-0.05, 0) is 18.6 Å². The number of benzene rings is 1. The van der Waals surface area contributed by atoms with Gasteiger partial charge in [0.15, 0.2) is 0 Å². The van der Waals surface area contributed by atoms with Crippen molar-refractivity contribution in [2.24, 2.45) is 0 Å². The number of nitrogens with zero attached hydrogens (tertiary/aromatic N) is 1. The average molecular weight is 278 g/mol. The van der Waals surface area contributed by atoms with Gasteiger partial charge in [0.25, 0.3) is 0 Å². The van der Waals surface area contributed by atoms with E-state index in [1.807, 2.05) is 37.3 Å². The van der Waals surface area contributed by atoms with Crippen molar-refractivity contribution in [3.05, 3.63) is 58.9 Å². The Morgan fingerprint density at radius 1 is 1.32 bits per heavy atom. The van der Waals surface area contributed by atoms with E-state index >= 15 is 0 Å². The second-order valence-corrected chi connectivity index (χ2v) is 4.62.